The van der Waals surface area contributed by atoms with E-state index in [9.17, 15) is 8.78 Å². The van der Waals surface area contributed by atoms with Crippen LogP contribution in [0.1, 0.15) is 55.7 Å². The second-order valence-electron chi connectivity index (χ2n) is 5.38. The van der Waals surface area contributed by atoms with E-state index in [0.717, 1.165) is 25.7 Å². The molecule has 2 N–H and O–H groups in total. The molecule has 0 amide bonds. The minimum Gasteiger partial charge on any atom is -0.324 e. The first-order valence-corrected chi connectivity index (χ1v) is 6.81. The lowest BCUT2D eigenvalue weighted by Gasteiger charge is -2.23. The molecule has 1 aromatic carbocycles. The predicted octanol–water partition coefficient (Wildman–Crippen LogP) is 4.24. The molecular weight excluding hydrogens is 232 g/mol. The monoisotopic (exact) mass is 253 g/mol. The minimum absolute atomic E-state index is 0.282. The maximum absolute atomic E-state index is 13.9. The molecule has 0 saturated heterocycles. The Bertz CT molecular complexity index is 409. The summed E-state index contributed by atoms with van der Waals surface area (Å²) in [5.41, 5.74) is 6.83. The molecule has 0 bridgehead atoms. The Balaban J connectivity index is 2.22. The third-order valence-corrected chi connectivity index (χ3v) is 4.07. The first kappa shape index (κ1) is 13.5. The first-order chi connectivity index (χ1) is 8.61. The van der Waals surface area contributed by atoms with E-state index >= 15 is 0 Å². The number of hydrogen-bond donors (Lipinski definition) is 1. The Labute approximate surface area is 107 Å². The van der Waals surface area contributed by atoms with Crippen molar-refractivity contribution in [2.45, 2.75) is 51.5 Å². The van der Waals surface area contributed by atoms with Gasteiger partial charge in [-0.3, -0.25) is 0 Å². The zero-order chi connectivity index (χ0) is 13.1. The normalized spacial score (nSPS) is 19.6. The van der Waals surface area contributed by atoms with Gasteiger partial charge in [0.15, 0.2) is 11.6 Å². The van der Waals surface area contributed by atoms with Crippen LogP contribution in [0.5, 0.6) is 0 Å². The average molecular weight is 253 g/mol. The summed E-state index contributed by atoms with van der Waals surface area (Å²) in [6.45, 7) is 1.57. The van der Waals surface area contributed by atoms with Gasteiger partial charge in [0.25, 0.3) is 0 Å². The molecule has 1 nitrogen and oxygen atoms in total. The number of halogens is 2. The van der Waals surface area contributed by atoms with Crippen molar-refractivity contribution in [2.75, 3.05) is 0 Å². The molecule has 3 heteroatoms. The molecule has 0 heterocycles. The van der Waals surface area contributed by atoms with Crippen molar-refractivity contribution in [1.82, 2.24) is 0 Å². The third kappa shape index (κ3) is 2.72. The fourth-order valence-corrected chi connectivity index (χ4v) is 2.84. The summed E-state index contributed by atoms with van der Waals surface area (Å²) in [6, 6.07) is 2.88. The summed E-state index contributed by atoms with van der Waals surface area (Å²) >= 11 is 0. The molecule has 1 aliphatic rings. The van der Waals surface area contributed by atoms with E-state index in [0.29, 0.717) is 11.1 Å². The van der Waals surface area contributed by atoms with E-state index < -0.39 is 11.6 Å². The van der Waals surface area contributed by atoms with Gasteiger partial charge in [-0.2, -0.15) is 0 Å². The van der Waals surface area contributed by atoms with Crippen LogP contribution in [0.25, 0.3) is 0 Å². The maximum Gasteiger partial charge on any atom is 0.163 e. The molecule has 0 spiro atoms. The van der Waals surface area contributed by atoms with E-state index in [1.165, 1.54) is 12.8 Å². The van der Waals surface area contributed by atoms with Gasteiger partial charge in [0.05, 0.1) is 0 Å². The number of nitrogens with two attached hydrogens (primary N) is 1. The van der Waals surface area contributed by atoms with Gasteiger partial charge in [0, 0.05) is 11.6 Å². The second kappa shape index (κ2) is 5.79. The van der Waals surface area contributed by atoms with Crippen LogP contribution in [0, 0.1) is 24.5 Å². The Morgan fingerprint density at radius 2 is 1.67 bits per heavy atom. The van der Waals surface area contributed by atoms with Crippen LogP contribution in [0.4, 0.5) is 8.78 Å². The van der Waals surface area contributed by atoms with Crippen molar-refractivity contribution in [3.8, 4) is 0 Å². The van der Waals surface area contributed by atoms with Crippen LogP contribution >= 0.6 is 0 Å². The Morgan fingerprint density at radius 1 is 1.06 bits per heavy atom. The quantitative estimate of drug-likeness (QED) is 0.784. The average Bonchev–Trinajstić information content (AvgIpc) is 2.64. The second-order valence-corrected chi connectivity index (χ2v) is 5.38. The van der Waals surface area contributed by atoms with E-state index in [2.05, 4.69) is 0 Å². The Kier molecular flexibility index (Phi) is 4.33. The van der Waals surface area contributed by atoms with E-state index in [1.807, 2.05) is 0 Å². The third-order valence-electron chi connectivity index (χ3n) is 4.07. The summed E-state index contributed by atoms with van der Waals surface area (Å²) in [6.07, 6.45) is 6.80. The highest BCUT2D eigenvalue weighted by Crippen LogP contribution is 2.33. The fraction of sp³-hybridized carbons (Fsp3) is 0.600. The highest BCUT2D eigenvalue weighted by Gasteiger charge is 2.24. The molecule has 0 aliphatic heterocycles. The predicted molar refractivity (Wildman–Crippen MR) is 69.2 cm³/mol. The number of benzene rings is 1. The first-order valence-electron chi connectivity index (χ1n) is 6.81. The standard InChI is InChI=1S/C15H21F2N/c1-10-8-9-12(14(17)13(10)16)15(18)11-6-4-2-3-5-7-11/h8-9,11,15H,2-7,18H2,1H3. The van der Waals surface area contributed by atoms with Crippen LogP contribution in [-0.2, 0) is 0 Å². The van der Waals surface area contributed by atoms with Crippen molar-refractivity contribution in [3.63, 3.8) is 0 Å². The zero-order valence-electron chi connectivity index (χ0n) is 10.9. The fourth-order valence-electron chi connectivity index (χ4n) is 2.84. The molecule has 1 saturated carbocycles. The van der Waals surface area contributed by atoms with Crippen molar-refractivity contribution in [1.29, 1.82) is 0 Å². The van der Waals surface area contributed by atoms with Gasteiger partial charge in [-0.25, -0.2) is 8.78 Å². The Hall–Kier alpha value is -0.960. The van der Waals surface area contributed by atoms with Gasteiger partial charge in [-0.05, 0) is 31.2 Å². The number of aryl methyl sites for hydroxylation is 1. The van der Waals surface area contributed by atoms with Gasteiger partial charge in [0.2, 0.25) is 0 Å². The molecule has 1 unspecified atom stereocenters. The summed E-state index contributed by atoms with van der Waals surface area (Å²) in [7, 11) is 0. The van der Waals surface area contributed by atoms with Crippen LogP contribution in [-0.4, -0.2) is 0 Å². The van der Waals surface area contributed by atoms with Crippen molar-refractivity contribution < 1.29 is 8.78 Å². The van der Waals surface area contributed by atoms with Gasteiger partial charge in [-0.1, -0.05) is 37.8 Å². The molecule has 2 rings (SSSR count). The van der Waals surface area contributed by atoms with Crippen molar-refractivity contribution >= 4 is 0 Å². The van der Waals surface area contributed by atoms with Crippen molar-refractivity contribution in [3.05, 3.63) is 34.9 Å². The van der Waals surface area contributed by atoms with E-state index in [1.54, 1.807) is 19.1 Å². The van der Waals surface area contributed by atoms with Gasteiger partial charge in [-0.15, -0.1) is 0 Å². The van der Waals surface area contributed by atoms with Crippen LogP contribution in [0.3, 0.4) is 0 Å². The molecule has 0 radical (unpaired) electrons. The molecule has 18 heavy (non-hydrogen) atoms. The van der Waals surface area contributed by atoms with E-state index in [4.69, 9.17) is 5.73 Å². The topological polar surface area (TPSA) is 26.0 Å². The smallest absolute Gasteiger partial charge is 0.163 e. The Morgan fingerprint density at radius 3 is 2.28 bits per heavy atom. The van der Waals surface area contributed by atoms with Crippen LogP contribution < -0.4 is 5.73 Å². The SMILES string of the molecule is Cc1ccc(C(N)C2CCCCCC2)c(F)c1F. The molecular formula is C15H21F2N. The highest BCUT2D eigenvalue weighted by atomic mass is 19.2. The summed E-state index contributed by atoms with van der Waals surface area (Å²) in [5, 5.41) is 0. The lowest BCUT2D eigenvalue weighted by molar-refractivity contribution is 0.367. The van der Waals surface area contributed by atoms with Gasteiger partial charge >= 0.3 is 0 Å². The number of hydrogen-bond acceptors (Lipinski definition) is 1. The zero-order valence-corrected chi connectivity index (χ0v) is 10.9. The lowest BCUT2D eigenvalue weighted by atomic mass is 9.87. The number of rotatable bonds is 2. The minimum atomic E-state index is -0.758. The molecule has 0 aromatic heterocycles. The molecule has 100 valence electrons. The van der Waals surface area contributed by atoms with E-state index in [-0.39, 0.29) is 12.0 Å². The molecule has 1 aliphatic carbocycles. The highest BCUT2D eigenvalue weighted by molar-refractivity contribution is 5.28. The maximum atomic E-state index is 13.9. The molecule has 1 aromatic rings. The summed E-state index contributed by atoms with van der Waals surface area (Å²) < 4.78 is 27.5. The summed E-state index contributed by atoms with van der Waals surface area (Å²) in [5.74, 6) is -1.23. The molecule has 1 fully saturated rings. The molecule has 1 atom stereocenters. The lowest BCUT2D eigenvalue weighted by Crippen LogP contribution is -2.22. The van der Waals surface area contributed by atoms with Crippen LogP contribution in [0.2, 0.25) is 0 Å². The summed E-state index contributed by atoms with van der Waals surface area (Å²) in [4.78, 5) is 0. The van der Waals surface area contributed by atoms with Crippen LogP contribution in [0.15, 0.2) is 12.1 Å². The van der Waals surface area contributed by atoms with Gasteiger partial charge < -0.3 is 5.73 Å². The van der Waals surface area contributed by atoms with Gasteiger partial charge in [0.1, 0.15) is 0 Å². The largest absolute Gasteiger partial charge is 0.324 e. The van der Waals surface area contributed by atoms with Crippen molar-refractivity contribution in [2.24, 2.45) is 11.7 Å².